The van der Waals surface area contributed by atoms with E-state index < -0.39 is 0 Å². The highest BCUT2D eigenvalue weighted by molar-refractivity contribution is 7.13. The number of thiophene rings is 1. The largest absolute Gasteiger partial charge is 0.354 e. The van der Waals surface area contributed by atoms with Crippen LogP contribution in [0.4, 0.5) is 0 Å². The van der Waals surface area contributed by atoms with E-state index in [1.54, 1.807) is 17.4 Å². The third-order valence-electron chi connectivity index (χ3n) is 2.64. The standard InChI is InChI=1S/C14H17N3O2S/c1-10(2)8-15-13(18)9-17-14(19)6-5-11(16-17)12-4-3-7-20-12/h3-7,10H,8-9H2,1-2H3,(H,15,18). The first kappa shape index (κ1) is 14.5. The summed E-state index contributed by atoms with van der Waals surface area (Å²) in [4.78, 5) is 24.5. The molecule has 2 aromatic heterocycles. The van der Waals surface area contributed by atoms with Crippen molar-refractivity contribution >= 4 is 17.2 Å². The van der Waals surface area contributed by atoms with Gasteiger partial charge >= 0.3 is 0 Å². The maximum absolute atomic E-state index is 11.8. The summed E-state index contributed by atoms with van der Waals surface area (Å²) in [5, 5.41) is 8.96. The van der Waals surface area contributed by atoms with E-state index >= 15 is 0 Å². The summed E-state index contributed by atoms with van der Waals surface area (Å²) in [6, 6.07) is 6.97. The van der Waals surface area contributed by atoms with Crippen molar-refractivity contribution in [2.24, 2.45) is 5.92 Å². The molecule has 0 atom stereocenters. The Bertz CT molecular complexity index is 632. The van der Waals surface area contributed by atoms with Crippen LogP contribution in [0.5, 0.6) is 0 Å². The highest BCUT2D eigenvalue weighted by Crippen LogP contribution is 2.20. The zero-order chi connectivity index (χ0) is 14.5. The lowest BCUT2D eigenvalue weighted by Gasteiger charge is -2.09. The fraction of sp³-hybridized carbons (Fsp3) is 0.357. The molecule has 0 bridgehead atoms. The predicted octanol–water partition coefficient (Wildman–Crippen LogP) is 1.74. The van der Waals surface area contributed by atoms with Crippen LogP contribution in [0.2, 0.25) is 0 Å². The van der Waals surface area contributed by atoms with Crippen molar-refractivity contribution in [1.29, 1.82) is 0 Å². The third kappa shape index (κ3) is 3.77. The summed E-state index contributed by atoms with van der Waals surface area (Å²) in [6.45, 7) is 4.58. The number of hydrogen-bond acceptors (Lipinski definition) is 4. The van der Waals surface area contributed by atoms with E-state index in [1.165, 1.54) is 10.7 Å². The van der Waals surface area contributed by atoms with Gasteiger partial charge in [-0.2, -0.15) is 5.10 Å². The van der Waals surface area contributed by atoms with Crippen LogP contribution in [-0.2, 0) is 11.3 Å². The lowest BCUT2D eigenvalue weighted by Crippen LogP contribution is -2.35. The zero-order valence-corrected chi connectivity index (χ0v) is 12.3. The molecule has 0 radical (unpaired) electrons. The fourth-order valence-electron chi connectivity index (χ4n) is 1.63. The molecule has 2 aromatic rings. The van der Waals surface area contributed by atoms with Crippen molar-refractivity contribution in [3.8, 4) is 10.6 Å². The molecule has 0 saturated heterocycles. The van der Waals surface area contributed by atoms with Crippen LogP contribution in [0.25, 0.3) is 10.6 Å². The van der Waals surface area contributed by atoms with Crippen molar-refractivity contribution in [2.75, 3.05) is 6.54 Å². The highest BCUT2D eigenvalue weighted by Gasteiger charge is 2.08. The van der Waals surface area contributed by atoms with Gasteiger partial charge in [-0.05, 0) is 23.4 Å². The SMILES string of the molecule is CC(C)CNC(=O)Cn1nc(-c2cccs2)ccc1=O. The van der Waals surface area contributed by atoms with Crippen molar-refractivity contribution in [3.63, 3.8) is 0 Å². The summed E-state index contributed by atoms with van der Waals surface area (Å²) in [5.41, 5.74) is 0.432. The van der Waals surface area contributed by atoms with Gasteiger partial charge in [0, 0.05) is 12.6 Å². The molecule has 1 N–H and O–H groups in total. The molecule has 106 valence electrons. The van der Waals surface area contributed by atoms with E-state index in [0.29, 0.717) is 18.2 Å². The zero-order valence-electron chi connectivity index (χ0n) is 11.5. The second-order valence-corrected chi connectivity index (χ2v) is 5.84. The van der Waals surface area contributed by atoms with Crippen LogP contribution < -0.4 is 10.9 Å². The maximum Gasteiger partial charge on any atom is 0.267 e. The van der Waals surface area contributed by atoms with E-state index in [4.69, 9.17) is 0 Å². The van der Waals surface area contributed by atoms with Crippen LogP contribution in [0, 0.1) is 5.92 Å². The number of amides is 1. The Hall–Kier alpha value is -1.95. The molecule has 0 aromatic carbocycles. The minimum atomic E-state index is -0.273. The number of nitrogens with zero attached hydrogens (tertiary/aromatic N) is 2. The molecular weight excluding hydrogens is 274 g/mol. The van der Waals surface area contributed by atoms with E-state index in [2.05, 4.69) is 10.4 Å². The predicted molar refractivity (Wildman–Crippen MR) is 79.7 cm³/mol. The molecule has 0 saturated carbocycles. The van der Waals surface area contributed by atoms with E-state index in [1.807, 2.05) is 31.4 Å². The summed E-state index contributed by atoms with van der Waals surface area (Å²) in [6.07, 6.45) is 0. The van der Waals surface area contributed by atoms with Crippen molar-refractivity contribution in [3.05, 3.63) is 40.0 Å². The topological polar surface area (TPSA) is 64.0 Å². The van der Waals surface area contributed by atoms with Crippen LogP contribution in [-0.4, -0.2) is 22.2 Å². The van der Waals surface area contributed by atoms with Gasteiger partial charge in [-0.15, -0.1) is 11.3 Å². The van der Waals surface area contributed by atoms with Crippen molar-refractivity contribution < 1.29 is 4.79 Å². The van der Waals surface area contributed by atoms with Crippen LogP contribution in [0.3, 0.4) is 0 Å². The molecule has 0 fully saturated rings. The number of rotatable bonds is 5. The molecule has 20 heavy (non-hydrogen) atoms. The molecular formula is C14H17N3O2S. The monoisotopic (exact) mass is 291 g/mol. The van der Waals surface area contributed by atoms with Gasteiger partial charge in [-0.25, -0.2) is 4.68 Å². The highest BCUT2D eigenvalue weighted by atomic mass is 32.1. The molecule has 6 heteroatoms. The second-order valence-electron chi connectivity index (χ2n) is 4.89. The molecule has 5 nitrogen and oxygen atoms in total. The number of hydrogen-bond donors (Lipinski definition) is 1. The van der Waals surface area contributed by atoms with E-state index in [0.717, 1.165) is 4.88 Å². The Morgan fingerprint density at radius 3 is 2.85 bits per heavy atom. The van der Waals surface area contributed by atoms with Gasteiger partial charge in [0.2, 0.25) is 5.91 Å². The van der Waals surface area contributed by atoms with E-state index in [9.17, 15) is 9.59 Å². The first-order valence-corrected chi connectivity index (χ1v) is 7.33. The Balaban J connectivity index is 2.13. The summed E-state index contributed by atoms with van der Waals surface area (Å²) < 4.78 is 1.20. The van der Waals surface area contributed by atoms with Gasteiger partial charge in [0.05, 0.1) is 4.88 Å². The molecule has 1 amide bonds. The van der Waals surface area contributed by atoms with Gasteiger partial charge < -0.3 is 5.32 Å². The van der Waals surface area contributed by atoms with Crippen LogP contribution in [0.15, 0.2) is 34.4 Å². The fourth-order valence-corrected chi connectivity index (χ4v) is 2.32. The van der Waals surface area contributed by atoms with Crippen molar-refractivity contribution in [1.82, 2.24) is 15.1 Å². The molecule has 0 aliphatic heterocycles. The maximum atomic E-state index is 11.8. The Morgan fingerprint density at radius 2 is 2.20 bits per heavy atom. The number of nitrogens with one attached hydrogen (secondary N) is 1. The van der Waals surface area contributed by atoms with Gasteiger partial charge in [-0.1, -0.05) is 19.9 Å². The van der Waals surface area contributed by atoms with Gasteiger partial charge in [-0.3, -0.25) is 9.59 Å². The lowest BCUT2D eigenvalue weighted by atomic mass is 10.2. The van der Waals surface area contributed by atoms with Gasteiger partial charge in [0.25, 0.3) is 5.56 Å². The van der Waals surface area contributed by atoms with E-state index in [-0.39, 0.29) is 18.0 Å². The Labute approximate surface area is 121 Å². The molecule has 2 rings (SSSR count). The van der Waals surface area contributed by atoms with Crippen LogP contribution in [0.1, 0.15) is 13.8 Å². The Morgan fingerprint density at radius 1 is 1.40 bits per heavy atom. The number of carbonyl (C=O) groups is 1. The molecule has 0 aliphatic carbocycles. The summed E-state index contributed by atoms with van der Waals surface area (Å²) in [7, 11) is 0. The molecule has 2 heterocycles. The minimum absolute atomic E-state index is 0.0508. The first-order chi connectivity index (χ1) is 9.56. The quantitative estimate of drug-likeness (QED) is 0.912. The number of aromatic nitrogens is 2. The Kier molecular flexibility index (Phi) is 4.68. The molecule has 0 aliphatic rings. The first-order valence-electron chi connectivity index (χ1n) is 6.45. The summed E-state index contributed by atoms with van der Waals surface area (Å²) >= 11 is 1.55. The summed E-state index contributed by atoms with van der Waals surface area (Å²) in [5.74, 6) is 0.178. The molecule has 0 unspecified atom stereocenters. The number of carbonyl (C=O) groups excluding carboxylic acids is 1. The third-order valence-corrected chi connectivity index (χ3v) is 3.53. The average Bonchev–Trinajstić information content (AvgIpc) is 2.93. The van der Waals surface area contributed by atoms with Crippen molar-refractivity contribution in [2.45, 2.75) is 20.4 Å². The smallest absolute Gasteiger partial charge is 0.267 e. The van der Waals surface area contributed by atoms with Gasteiger partial charge in [0.15, 0.2) is 0 Å². The minimum Gasteiger partial charge on any atom is -0.354 e. The van der Waals surface area contributed by atoms with Gasteiger partial charge in [0.1, 0.15) is 12.2 Å². The second kappa shape index (κ2) is 6.47. The normalized spacial score (nSPS) is 10.8. The lowest BCUT2D eigenvalue weighted by molar-refractivity contribution is -0.122. The van der Waals surface area contributed by atoms with Crippen LogP contribution >= 0.6 is 11.3 Å². The molecule has 0 spiro atoms. The average molecular weight is 291 g/mol.